The Bertz CT molecular complexity index is 6990. The van der Waals surface area contributed by atoms with Crippen LogP contribution >= 0.6 is 0 Å². The molecule has 10 nitrogen and oxygen atoms in total. The molecular formula is C110H96N4O6. The van der Waals surface area contributed by atoms with Crippen molar-refractivity contribution in [2.45, 2.75) is 108 Å². The summed E-state index contributed by atoms with van der Waals surface area (Å²) in [6.07, 6.45) is 0. The molecule has 592 valence electrons. The lowest BCUT2D eigenvalue weighted by Crippen LogP contribution is -2.12. The molecule has 0 amide bonds. The second-order valence-corrected chi connectivity index (χ2v) is 33.9. The summed E-state index contributed by atoms with van der Waals surface area (Å²) in [4.78, 5) is 21.2. The van der Waals surface area contributed by atoms with Gasteiger partial charge in [0.2, 0.25) is 0 Å². The Hall–Kier alpha value is -14.0. The highest BCUT2D eigenvalue weighted by Gasteiger charge is 2.29. The number of furan rings is 2. The molecule has 6 aromatic heterocycles. The standard InChI is InChI=1S/C56H50N2O3.C54H46N2O3/c1-33-17-15-18-34(2)51(33)39-30-46(43-32-50-54(41-21-13-14-24-49(41)61-50)53(55(43)60-9)37-19-11-10-12-20-37)58-47(31-39)45-23-16-22-44(57-45)42-29-38(25-26-48(42)59-8)52-35(3)27-40(28-36(52)4)56(5,6)7;1-31-15-13-16-32(2)49(31)37-28-44(41-30-48-52(39-19-11-12-22-47(39)59-48)51(53(41)58)35-17-9-8-10-18-35)56-45(29-37)43-21-14-20-42(55-43)40-27-36(23-24-46(40)57)50-33(3)25-38(26-34(50)4)54(5,6)7/h10-32H,1-9H3;8-30,57-58H,1-7H3. The lowest BCUT2D eigenvalue weighted by molar-refractivity contribution is 0.416. The first-order valence-electron chi connectivity index (χ1n) is 41.0. The molecule has 18 rings (SSSR count). The quantitative estimate of drug-likeness (QED) is 0.108. The minimum atomic E-state index is 0.0325. The van der Waals surface area contributed by atoms with Gasteiger partial charge in [0, 0.05) is 54.9 Å². The van der Waals surface area contributed by atoms with Crippen molar-refractivity contribution < 1.29 is 28.5 Å². The highest BCUT2D eigenvalue weighted by atomic mass is 16.5. The number of para-hydroxylation sites is 2. The lowest BCUT2D eigenvalue weighted by Gasteiger charge is -2.23. The minimum Gasteiger partial charge on any atom is -0.507 e. The number of pyridine rings is 4. The Morgan fingerprint density at radius 3 is 1.11 bits per heavy atom. The van der Waals surface area contributed by atoms with Crippen molar-refractivity contribution in [1.82, 2.24) is 19.9 Å². The molecule has 0 radical (unpaired) electrons. The van der Waals surface area contributed by atoms with Crippen LogP contribution in [-0.4, -0.2) is 44.4 Å². The van der Waals surface area contributed by atoms with E-state index in [1.807, 2.05) is 127 Å². The van der Waals surface area contributed by atoms with E-state index in [1.54, 1.807) is 20.3 Å². The van der Waals surface area contributed by atoms with Crippen molar-refractivity contribution in [2.75, 3.05) is 14.2 Å². The van der Waals surface area contributed by atoms with E-state index in [9.17, 15) is 10.2 Å². The van der Waals surface area contributed by atoms with Gasteiger partial charge in [-0.2, -0.15) is 0 Å². The van der Waals surface area contributed by atoms with Gasteiger partial charge in [-0.3, -0.25) is 0 Å². The monoisotopic (exact) mass is 1570 g/mol. The maximum Gasteiger partial charge on any atom is 0.137 e. The molecule has 12 aromatic carbocycles. The van der Waals surface area contributed by atoms with Crippen LogP contribution in [0, 0.1) is 55.4 Å². The van der Waals surface area contributed by atoms with Gasteiger partial charge < -0.3 is 28.5 Å². The van der Waals surface area contributed by atoms with Crippen LogP contribution in [0.1, 0.15) is 97.2 Å². The first-order chi connectivity index (χ1) is 57.8. The molecule has 0 saturated carbocycles. The van der Waals surface area contributed by atoms with Gasteiger partial charge in [-0.1, -0.05) is 224 Å². The van der Waals surface area contributed by atoms with Gasteiger partial charge in [0.25, 0.3) is 0 Å². The summed E-state index contributed by atoms with van der Waals surface area (Å²) in [7, 11) is 3.46. The molecule has 0 spiro atoms. The van der Waals surface area contributed by atoms with E-state index >= 15 is 0 Å². The average Bonchev–Trinajstić information content (AvgIpc) is 1.53. The van der Waals surface area contributed by atoms with E-state index in [2.05, 4.69) is 243 Å². The van der Waals surface area contributed by atoms with E-state index in [4.69, 9.17) is 38.2 Å². The fourth-order valence-corrected chi connectivity index (χ4v) is 17.7. The van der Waals surface area contributed by atoms with E-state index < -0.39 is 0 Å². The molecule has 2 N–H and O–H groups in total. The summed E-state index contributed by atoms with van der Waals surface area (Å²) < 4.78 is 25.5. The molecule has 0 aliphatic rings. The number of aromatic hydroxyl groups is 2. The number of benzene rings is 12. The number of hydrogen-bond donors (Lipinski definition) is 2. The summed E-state index contributed by atoms with van der Waals surface area (Å²) in [5, 5.41) is 27.6. The average molecular weight is 1570 g/mol. The molecule has 0 aliphatic heterocycles. The van der Waals surface area contributed by atoms with E-state index in [1.165, 1.54) is 50.1 Å². The maximum absolute atomic E-state index is 12.4. The molecule has 10 heteroatoms. The smallest absolute Gasteiger partial charge is 0.137 e. The third kappa shape index (κ3) is 14.7. The molecule has 0 aliphatic carbocycles. The van der Waals surface area contributed by atoms with Gasteiger partial charge >= 0.3 is 0 Å². The van der Waals surface area contributed by atoms with Crippen molar-refractivity contribution in [2.24, 2.45) is 0 Å². The Morgan fingerprint density at radius 2 is 0.642 bits per heavy atom. The second-order valence-electron chi connectivity index (χ2n) is 33.9. The normalized spacial score (nSPS) is 11.7. The maximum atomic E-state index is 12.4. The van der Waals surface area contributed by atoms with Crippen LogP contribution in [0.3, 0.4) is 0 Å². The van der Waals surface area contributed by atoms with Crippen molar-refractivity contribution in [3.05, 3.63) is 335 Å². The Labute approximate surface area is 702 Å². The topological polar surface area (TPSA) is 137 Å². The lowest BCUT2D eigenvalue weighted by atomic mass is 9.82. The number of ether oxygens (including phenoxy) is 2. The first kappa shape index (κ1) is 78.6. The van der Waals surface area contributed by atoms with Crippen molar-refractivity contribution in [1.29, 1.82) is 0 Å². The number of rotatable bonds is 14. The van der Waals surface area contributed by atoms with Crippen LogP contribution in [0.2, 0.25) is 0 Å². The number of aryl methyl sites for hydroxylation is 8. The summed E-state index contributed by atoms with van der Waals surface area (Å²) >= 11 is 0. The molecule has 0 unspecified atom stereocenters. The van der Waals surface area contributed by atoms with Crippen molar-refractivity contribution in [3.8, 4) is 158 Å². The summed E-state index contributed by atoms with van der Waals surface area (Å²) in [5.74, 6) is 1.75. The molecule has 0 atom stereocenters. The van der Waals surface area contributed by atoms with E-state index in [0.717, 1.165) is 150 Å². The number of nitrogens with zero attached hydrogens (tertiary/aromatic N) is 4. The van der Waals surface area contributed by atoms with Gasteiger partial charge in [-0.25, -0.2) is 19.9 Å². The zero-order chi connectivity index (χ0) is 83.7. The van der Waals surface area contributed by atoms with Crippen LogP contribution in [0.25, 0.3) is 178 Å². The van der Waals surface area contributed by atoms with Crippen LogP contribution in [-0.2, 0) is 10.8 Å². The van der Waals surface area contributed by atoms with Crippen molar-refractivity contribution >= 4 is 43.9 Å². The number of methoxy groups -OCH3 is 2. The predicted molar refractivity (Wildman–Crippen MR) is 496 cm³/mol. The van der Waals surface area contributed by atoms with Gasteiger partial charge in [-0.15, -0.1) is 0 Å². The molecule has 6 heterocycles. The van der Waals surface area contributed by atoms with Gasteiger partial charge in [0.1, 0.15) is 45.3 Å². The minimum absolute atomic E-state index is 0.0325. The molecule has 18 aromatic rings. The SMILES string of the molecule is COc1ccc(-c2c(C)cc(C(C)(C)C)cc2C)cc1-c1cccc(-c2cc(-c3c(C)cccc3C)cc(-c3cc4oc5ccccc5c4c(-c4ccccc4)c3OC)n2)n1.Cc1cccc(C)c1-c1cc(-c2cccc(-c3cc(-c4c(C)cc(C(C)(C)C)cc4C)ccc3O)n2)nc(-c2cc3oc4ccccc4c3c(-c3ccccc3)c2O)c1. The largest absolute Gasteiger partial charge is 0.507 e. The Kier molecular flexibility index (Phi) is 20.6. The Balaban J connectivity index is 0.000000171. The zero-order valence-electron chi connectivity index (χ0n) is 70.9. The van der Waals surface area contributed by atoms with E-state index in [-0.39, 0.29) is 22.3 Å². The zero-order valence-corrected chi connectivity index (χ0v) is 70.9. The molecular weight excluding hydrogens is 1470 g/mol. The number of phenols is 2. The van der Waals surface area contributed by atoms with Gasteiger partial charge in [0.15, 0.2) is 0 Å². The second kappa shape index (κ2) is 31.5. The molecule has 0 fully saturated rings. The number of fused-ring (bicyclic) bond motifs is 6. The summed E-state index contributed by atoms with van der Waals surface area (Å²) in [6, 6.07) is 94.9. The Morgan fingerprint density at radius 1 is 0.267 bits per heavy atom. The predicted octanol–water partition coefficient (Wildman–Crippen LogP) is 29.2. The van der Waals surface area contributed by atoms with E-state index in [0.29, 0.717) is 45.0 Å². The van der Waals surface area contributed by atoms with Gasteiger partial charge in [0.05, 0.1) is 59.8 Å². The fraction of sp³-hybridized carbons (Fsp3) is 0.164. The fourth-order valence-electron chi connectivity index (χ4n) is 17.7. The van der Waals surface area contributed by atoms with Crippen LogP contribution < -0.4 is 9.47 Å². The molecule has 0 saturated heterocycles. The number of hydrogen-bond acceptors (Lipinski definition) is 10. The summed E-state index contributed by atoms with van der Waals surface area (Å²) in [5.41, 5.74) is 35.9. The third-order valence-electron chi connectivity index (χ3n) is 23.5. The highest BCUT2D eigenvalue weighted by molar-refractivity contribution is 6.17. The summed E-state index contributed by atoms with van der Waals surface area (Å²) in [6.45, 7) is 30.8. The number of aromatic nitrogens is 4. The van der Waals surface area contributed by atoms with Crippen LogP contribution in [0.15, 0.2) is 288 Å². The number of phenolic OH excluding ortho intramolecular Hbond substituents is 2. The van der Waals surface area contributed by atoms with Crippen molar-refractivity contribution in [3.63, 3.8) is 0 Å². The molecule has 0 bridgehead atoms. The van der Waals surface area contributed by atoms with Crippen LogP contribution in [0.5, 0.6) is 23.0 Å². The third-order valence-corrected chi connectivity index (χ3v) is 23.5. The highest BCUT2D eigenvalue weighted by Crippen LogP contribution is 2.52. The van der Waals surface area contributed by atoms with Crippen LogP contribution in [0.4, 0.5) is 0 Å². The van der Waals surface area contributed by atoms with Gasteiger partial charge in [-0.05, 0) is 275 Å². The molecule has 120 heavy (non-hydrogen) atoms. The first-order valence-corrected chi connectivity index (χ1v) is 41.0.